The number of benzene rings is 1. The van der Waals surface area contributed by atoms with Crippen LogP contribution < -0.4 is 5.32 Å². The lowest BCUT2D eigenvalue weighted by atomic mass is 10.2. The number of halogens is 1. The number of carbonyl (C=O) groups excluding carboxylic acids is 1. The van der Waals surface area contributed by atoms with Crippen LogP contribution in [0.1, 0.15) is 16.7 Å². The lowest BCUT2D eigenvalue weighted by Gasteiger charge is -2.04. The highest BCUT2D eigenvalue weighted by molar-refractivity contribution is 6.29. The number of ether oxygens (including phenoxy) is 1. The monoisotopic (exact) mass is 314 g/mol. The molecule has 0 saturated heterocycles. The van der Waals surface area contributed by atoms with E-state index in [2.05, 4.69) is 22.1 Å². The first-order valence-electron chi connectivity index (χ1n) is 6.71. The average Bonchev–Trinajstić information content (AvgIpc) is 2.52. The Morgan fingerprint density at radius 3 is 2.86 bits per heavy atom. The van der Waals surface area contributed by atoms with E-state index in [1.807, 2.05) is 37.3 Å². The van der Waals surface area contributed by atoms with Crippen molar-refractivity contribution in [3.05, 3.63) is 64.4 Å². The zero-order chi connectivity index (χ0) is 15.8. The molecule has 112 valence electrons. The second-order valence-electron chi connectivity index (χ2n) is 4.54. The van der Waals surface area contributed by atoms with Gasteiger partial charge < -0.3 is 10.1 Å². The van der Waals surface area contributed by atoms with Gasteiger partial charge in [-0.25, -0.2) is 9.78 Å². The van der Waals surface area contributed by atoms with Crippen molar-refractivity contribution in [3.8, 4) is 11.8 Å². The average molecular weight is 315 g/mol. The maximum absolute atomic E-state index is 11.5. The maximum atomic E-state index is 11.5. The van der Waals surface area contributed by atoms with E-state index in [-0.39, 0.29) is 13.2 Å². The summed E-state index contributed by atoms with van der Waals surface area (Å²) in [6.45, 7) is 2.34. The Bertz CT molecular complexity index is 706. The third-order valence-corrected chi connectivity index (χ3v) is 3.04. The zero-order valence-electron chi connectivity index (χ0n) is 12.1. The molecule has 0 radical (unpaired) electrons. The van der Waals surface area contributed by atoms with Crippen molar-refractivity contribution in [2.45, 2.75) is 13.5 Å². The van der Waals surface area contributed by atoms with E-state index in [0.29, 0.717) is 5.15 Å². The molecule has 2 aromatic rings. The van der Waals surface area contributed by atoms with E-state index < -0.39 is 6.09 Å². The van der Waals surface area contributed by atoms with Crippen molar-refractivity contribution >= 4 is 17.7 Å². The van der Waals surface area contributed by atoms with Gasteiger partial charge in [0.05, 0.1) is 6.54 Å². The van der Waals surface area contributed by atoms with Crippen LogP contribution in [-0.4, -0.2) is 17.6 Å². The van der Waals surface area contributed by atoms with Crippen LogP contribution >= 0.6 is 11.6 Å². The van der Waals surface area contributed by atoms with Gasteiger partial charge in [0.25, 0.3) is 0 Å². The van der Waals surface area contributed by atoms with Crippen molar-refractivity contribution in [1.82, 2.24) is 10.3 Å². The lowest BCUT2D eigenvalue weighted by Crippen LogP contribution is -2.24. The van der Waals surface area contributed by atoms with Crippen LogP contribution in [0.5, 0.6) is 0 Å². The molecule has 2 rings (SSSR count). The Labute approximate surface area is 134 Å². The summed E-state index contributed by atoms with van der Waals surface area (Å²) in [6.07, 6.45) is 1.11. The largest absolute Gasteiger partial charge is 0.445 e. The summed E-state index contributed by atoms with van der Waals surface area (Å²) in [6, 6.07) is 11.2. The Morgan fingerprint density at radius 1 is 1.36 bits per heavy atom. The highest BCUT2D eigenvalue weighted by Gasteiger charge is 2.00. The van der Waals surface area contributed by atoms with Gasteiger partial charge in [0, 0.05) is 11.8 Å². The first-order valence-corrected chi connectivity index (χ1v) is 7.08. The van der Waals surface area contributed by atoms with Crippen LogP contribution in [-0.2, 0) is 11.3 Å². The van der Waals surface area contributed by atoms with E-state index in [9.17, 15) is 4.79 Å². The number of rotatable bonds is 3. The minimum Gasteiger partial charge on any atom is -0.445 e. The maximum Gasteiger partial charge on any atom is 0.408 e. The summed E-state index contributed by atoms with van der Waals surface area (Å²) < 4.78 is 5.07. The molecule has 0 saturated carbocycles. The first-order chi connectivity index (χ1) is 10.6. The molecule has 0 spiro atoms. The molecule has 0 aliphatic heterocycles. The van der Waals surface area contributed by atoms with Crippen molar-refractivity contribution in [2.75, 3.05) is 6.54 Å². The number of carbonyl (C=O) groups is 1. The molecule has 5 heteroatoms. The fraction of sp³-hybridized carbons (Fsp3) is 0.176. The van der Waals surface area contributed by atoms with Crippen molar-refractivity contribution in [2.24, 2.45) is 0 Å². The molecule has 1 N–H and O–H groups in total. The number of alkyl carbamates (subject to hydrolysis) is 1. The van der Waals surface area contributed by atoms with Crippen LogP contribution in [0.2, 0.25) is 5.15 Å². The molecule has 0 aliphatic rings. The van der Waals surface area contributed by atoms with E-state index in [1.54, 1.807) is 12.3 Å². The second kappa shape index (κ2) is 8.06. The number of hydrogen-bond donors (Lipinski definition) is 1. The summed E-state index contributed by atoms with van der Waals surface area (Å²) in [7, 11) is 0. The van der Waals surface area contributed by atoms with Crippen molar-refractivity contribution in [1.29, 1.82) is 0 Å². The van der Waals surface area contributed by atoms with Gasteiger partial charge in [0.15, 0.2) is 0 Å². The molecule has 0 unspecified atom stereocenters. The fourth-order valence-corrected chi connectivity index (χ4v) is 1.89. The molecule has 0 fully saturated rings. The molecule has 0 atom stereocenters. The SMILES string of the molecule is Cc1cc(Cl)ncc1C#CCNC(=O)OCc1ccccc1. The standard InChI is InChI=1S/C17H15ClN2O2/c1-13-10-16(18)20-11-15(13)8-5-9-19-17(21)22-12-14-6-3-2-4-7-14/h2-4,6-7,10-11H,9,12H2,1H3,(H,19,21). The van der Waals surface area contributed by atoms with E-state index in [1.165, 1.54) is 0 Å². The Balaban J connectivity index is 1.76. The third kappa shape index (κ3) is 5.12. The summed E-state index contributed by atoms with van der Waals surface area (Å²) >= 11 is 5.77. The quantitative estimate of drug-likeness (QED) is 0.698. The normalized spacial score (nSPS) is 9.55. The van der Waals surface area contributed by atoms with Crippen LogP contribution in [0.25, 0.3) is 0 Å². The van der Waals surface area contributed by atoms with Crippen molar-refractivity contribution in [3.63, 3.8) is 0 Å². The van der Waals surface area contributed by atoms with Crippen LogP contribution in [0.4, 0.5) is 4.79 Å². The van der Waals surface area contributed by atoms with Crippen molar-refractivity contribution < 1.29 is 9.53 Å². The molecule has 4 nitrogen and oxygen atoms in total. The molecule has 0 aliphatic carbocycles. The van der Waals surface area contributed by atoms with E-state index in [4.69, 9.17) is 16.3 Å². The van der Waals surface area contributed by atoms with Gasteiger partial charge in [-0.1, -0.05) is 53.8 Å². The van der Waals surface area contributed by atoms with E-state index >= 15 is 0 Å². The smallest absolute Gasteiger partial charge is 0.408 e. The zero-order valence-corrected chi connectivity index (χ0v) is 12.9. The molecular weight excluding hydrogens is 300 g/mol. The summed E-state index contributed by atoms with van der Waals surface area (Å²) in [4.78, 5) is 15.5. The lowest BCUT2D eigenvalue weighted by molar-refractivity contribution is 0.141. The minimum atomic E-state index is -0.496. The molecule has 22 heavy (non-hydrogen) atoms. The fourth-order valence-electron chi connectivity index (χ4n) is 1.68. The molecule has 0 bridgehead atoms. The van der Waals surface area contributed by atoms with Crippen LogP contribution in [0.3, 0.4) is 0 Å². The number of aryl methyl sites for hydroxylation is 1. The first kappa shape index (κ1) is 15.9. The number of hydrogen-bond acceptors (Lipinski definition) is 3. The topological polar surface area (TPSA) is 51.2 Å². The minimum absolute atomic E-state index is 0.204. The summed E-state index contributed by atoms with van der Waals surface area (Å²) in [5.41, 5.74) is 2.66. The number of pyridine rings is 1. The summed E-state index contributed by atoms with van der Waals surface area (Å²) in [5.74, 6) is 5.77. The Hall–Kier alpha value is -2.51. The van der Waals surface area contributed by atoms with Gasteiger partial charge in [-0.15, -0.1) is 0 Å². The van der Waals surface area contributed by atoms with Gasteiger partial charge in [-0.3, -0.25) is 0 Å². The predicted molar refractivity (Wildman–Crippen MR) is 85.5 cm³/mol. The third-order valence-electron chi connectivity index (χ3n) is 2.83. The summed E-state index contributed by atoms with van der Waals surface area (Å²) in [5, 5.41) is 3.01. The highest BCUT2D eigenvalue weighted by Crippen LogP contribution is 2.10. The van der Waals surface area contributed by atoms with E-state index in [0.717, 1.165) is 16.7 Å². The van der Waals surface area contributed by atoms with Gasteiger partial charge in [-0.05, 0) is 24.1 Å². The molecule has 1 heterocycles. The molecule has 1 amide bonds. The second-order valence-corrected chi connectivity index (χ2v) is 4.93. The van der Waals surface area contributed by atoms with Gasteiger partial charge in [0.1, 0.15) is 11.8 Å². The van der Waals surface area contributed by atoms with Gasteiger partial charge in [-0.2, -0.15) is 0 Å². The highest BCUT2D eigenvalue weighted by atomic mass is 35.5. The molecule has 1 aromatic carbocycles. The Morgan fingerprint density at radius 2 is 2.14 bits per heavy atom. The van der Waals surface area contributed by atoms with Crippen LogP contribution in [0, 0.1) is 18.8 Å². The predicted octanol–water partition coefficient (Wildman–Crippen LogP) is 3.32. The van der Waals surface area contributed by atoms with Gasteiger partial charge in [0.2, 0.25) is 0 Å². The number of aromatic nitrogens is 1. The number of nitrogens with one attached hydrogen (secondary N) is 1. The van der Waals surface area contributed by atoms with Gasteiger partial charge >= 0.3 is 6.09 Å². The molecule has 1 aromatic heterocycles. The molecular formula is C17H15ClN2O2. The number of nitrogens with zero attached hydrogens (tertiary/aromatic N) is 1. The Kier molecular flexibility index (Phi) is 5.81. The van der Waals surface area contributed by atoms with Crippen LogP contribution in [0.15, 0.2) is 42.6 Å². The number of amides is 1.